The first-order valence-corrected chi connectivity index (χ1v) is 22.9. The molecule has 0 radical (unpaired) electrons. The number of nitrogens with zero attached hydrogens (tertiary/aromatic N) is 2. The quantitative estimate of drug-likeness (QED) is 0.0304. The smallest absolute Gasteiger partial charge is 0.323 e. The van der Waals surface area contributed by atoms with Crippen LogP contribution in [0.3, 0.4) is 0 Å². The molecule has 0 spiro atoms. The number of ether oxygens (including phenoxy) is 3. The summed E-state index contributed by atoms with van der Waals surface area (Å²) in [6, 6.07) is 3.09. The summed E-state index contributed by atoms with van der Waals surface area (Å²) in [5, 5.41) is 24.9. The lowest BCUT2D eigenvalue weighted by Crippen LogP contribution is -2.53. The van der Waals surface area contributed by atoms with Gasteiger partial charge in [-0.25, -0.2) is 0 Å². The minimum atomic E-state index is -1.32. The number of carboxylic acid groups (broad SMARTS) is 1. The number of amides is 9. The molecule has 1 fully saturated rings. The van der Waals surface area contributed by atoms with Crippen molar-refractivity contribution in [1.29, 1.82) is 0 Å². The fraction of sp³-hybridized carbons (Fsp3) is 0.630. The molecule has 384 valence electrons. The molecule has 1 aliphatic heterocycles. The molecule has 7 N–H and O–H groups in total. The van der Waals surface area contributed by atoms with Crippen LogP contribution in [0.1, 0.15) is 92.7 Å². The van der Waals surface area contributed by atoms with E-state index < -0.39 is 90.7 Å². The monoisotopic (exact) mass is 974 g/mol. The number of likely N-dealkylation sites (N-methyl/N-ethyl adjacent to an activating group) is 1. The van der Waals surface area contributed by atoms with Crippen LogP contribution in [0, 0.1) is 23.7 Å². The highest BCUT2D eigenvalue weighted by atomic mass is 16.5. The summed E-state index contributed by atoms with van der Waals surface area (Å²) >= 11 is 0. The second-order valence-corrected chi connectivity index (χ2v) is 17.6. The largest absolute Gasteiger partial charge is 0.480 e. The lowest BCUT2D eigenvalue weighted by atomic mass is 9.94. The van der Waals surface area contributed by atoms with Crippen LogP contribution >= 0.6 is 0 Å². The highest BCUT2D eigenvalue weighted by Crippen LogP contribution is 2.26. The van der Waals surface area contributed by atoms with Crippen molar-refractivity contribution >= 4 is 70.8 Å². The van der Waals surface area contributed by atoms with Crippen molar-refractivity contribution in [1.82, 2.24) is 36.4 Å². The Balaban J connectivity index is 1.91. The van der Waals surface area contributed by atoms with Gasteiger partial charge in [-0.15, -0.1) is 0 Å². The number of aliphatic carboxylic acids is 1. The normalized spacial score (nSPS) is 15.2. The van der Waals surface area contributed by atoms with Crippen molar-refractivity contribution in [3.05, 3.63) is 29.8 Å². The number of hydrogen-bond donors (Lipinski definition) is 7. The third kappa shape index (κ3) is 21.1. The van der Waals surface area contributed by atoms with Crippen LogP contribution < -0.4 is 31.9 Å². The molecule has 0 aliphatic carbocycles. The molecule has 1 heterocycles. The zero-order valence-electron chi connectivity index (χ0n) is 41.0. The first-order valence-electron chi connectivity index (χ1n) is 22.9. The molecule has 0 bridgehead atoms. The summed E-state index contributed by atoms with van der Waals surface area (Å²) < 4.78 is 16.4. The van der Waals surface area contributed by atoms with Gasteiger partial charge < -0.3 is 56.1 Å². The van der Waals surface area contributed by atoms with Crippen molar-refractivity contribution in [2.75, 3.05) is 65.0 Å². The lowest BCUT2D eigenvalue weighted by molar-refractivity contribution is -0.153. The molecular weight excluding hydrogens is 905 g/mol. The van der Waals surface area contributed by atoms with Gasteiger partial charge in [0.25, 0.3) is 0 Å². The summed E-state index contributed by atoms with van der Waals surface area (Å²) in [7, 11) is 1.23. The third-order valence-corrected chi connectivity index (χ3v) is 10.7. The van der Waals surface area contributed by atoms with E-state index in [4.69, 9.17) is 14.2 Å². The minimum absolute atomic E-state index is 0.00497. The van der Waals surface area contributed by atoms with Gasteiger partial charge in [0, 0.05) is 57.9 Å². The first kappa shape index (κ1) is 58.6. The Morgan fingerprint density at radius 3 is 2.01 bits per heavy atom. The fourth-order valence-corrected chi connectivity index (χ4v) is 6.68. The molecule has 5 atom stereocenters. The lowest BCUT2D eigenvalue weighted by Gasteiger charge is -2.24. The Morgan fingerprint density at radius 2 is 1.43 bits per heavy atom. The van der Waals surface area contributed by atoms with Crippen molar-refractivity contribution in [3.8, 4) is 0 Å². The number of benzene rings is 1. The maximum atomic E-state index is 13.2. The van der Waals surface area contributed by atoms with E-state index >= 15 is 0 Å². The average molecular weight is 975 g/mol. The summed E-state index contributed by atoms with van der Waals surface area (Å²) in [6.07, 6.45) is -1.46. The van der Waals surface area contributed by atoms with E-state index in [1.54, 1.807) is 39.8 Å². The molecule has 1 aliphatic rings. The molecular formula is C46H70N8O15. The van der Waals surface area contributed by atoms with Crippen LogP contribution in [0.25, 0.3) is 0 Å². The minimum Gasteiger partial charge on any atom is -0.480 e. The van der Waals surface area contributed by atoms with E-state index in [0.717, 1.165) is 9.80 Å². The van der Waals surface area contributed by atoms with E-state index in [-0.39, 0.29) is 101 Å². The van der Waals surface area contributed by atoms with Gasteiger partial charge >= 0.3 is 11.9 Å². The predicted molar refractivity (Wildman–Crippen MR) is 247 cm³/mol. The molecule has 23 heteroatoms. The third-order valence-electron chi connectivity index (χ3n) is 10.7. The van der Waals surface area contributed by atoms with E-state index in [9.17, 15) is 57.8 Å². The summed E-state index contributed by atoms with van der Waals surface area (Å²) in [5.74, 6) is -7.46. The Bertz CT molecular complexity index is 1980. The van der Waals surface area contributed by atoms with E-state index in [1.807, 2.05) is 13.8 Å². The van der Waals surface area contributed by atoms with Gasteiger partial charge in [0.05, 0.1) is 32.3 Å². The molecule has 69 heavy (non-hydrogen) atoms. The SMILES string of the molecule is CC(=O)N[C@H](C(=O)N[C@@H](C)C(=O)Nc1ccc(C(CNC(=O)CCC(NC(=O)COCCOCCNC(=O)CCN2C(=O)CC(C(C)C)C2=O)C(=O)N(C)CC(=O)O)OC(=O)C(C)C)cc1)C(C)C. The predicted octanol–water partition coefficient (Wildman–Crippen LogP) is 0.0256. The van der Waals surface area contributed by atoms with Gasteiger partial charge in [0.15, 0.2) is 0 Å². The number of esters is 1. The summed E-state index contributed by atoms with van der Waals surface area (Å²) in [4.78, 5) is 139. The van der Waals surface area contributed by atoms with Gasteiger partial charge in [-0.3, -0.25) is 57.6 Å². The second kappa shape index (κ2) is 29.4. The second-order valence-electron chi connectivity index (χ2n) is 17.6. The van der Waals surface area contributed by atoms with Gasteiger partial charge in [-0.1, -0.05) is 53.7 Å². The zero-order valence-corrected chi connectivity index (χ0v) is 41.0. The summed E-state index contributed by atoms with van der Waals surface area (Å²) in [6.45, 7) is 12.1. The van der Waals surface area contributed by atoms with E-state index in [2.05, 4.69) is 31.9 Å². The Hall–Kier alpha value is -6.49. The molecule has 0 aromatic heterocycles. The van der Waals surface area contributed by atoms with Crippen molar-refractivity contribution < 1.29 is 72.1 Å². The highest BCUT2D eigenvalue weighted by Gasteiger charge is 2.40. The van der Waals surface area contributed by atoms with E-state index in [0.29, 0.717) is 11.3 Å². The molecule has 3 unspecified atom stereocenters. The van der Waals surface area contributed by atoms with Crippen LogP contribution in [0.2, 0.25) is 0 Å². The van der Waals surface area contributed by atoms with Crippen LogP contribution in [0.4, 0.5) is 5.69 Å². The van der Waals surface area contributed by atoms with Gasteiger partial charge in [0.2, 0.25) is 53.2 Å². The molecule has 9 amide bonds. The van der Waals surface area contributed by atoms with Gasteiger partial charge in [-0.2, -0.15) is 0 Å². The zero-order chi connectivity index (χ0) is 52.0. The summed E-state index contributed by atoms with van der Waals surface area (Å²) in [5.41, 5.74) is 0.799. The van der Waals surface area contributed by atoms with Crippen molar-refractivity contribution in [3.63, 3.8) is 0 Å². The number of hydrogen-bond acceptors (Lipinski definition) is 14. The van der Waals surface area contributed by atoms with Crippen LogP contribution in [-0.2, 0) is 67.0 Å². The Kier molecular flexibility index (Phi) is 25.0. The fourth-order valence-electron chi connectivity index (χ4n) is 6.68. The number of anilines is 1. The molecule has 1 saturated heterocycles. The van der Waals surface area contributed by atoms with Gasteiger partial charge in [0.1, 0.15) is 37.4 Å². The number of likely N-dealkylation sites (tertiary alicyclic amines) is 1. The van der Waals surface area contributed by atoms with Crippen LogP contribution in [0.15, 0.2) is 24.3 Å². The molecule has 1 aromatic rings. The topological polar surface area (TPSA) is 314 Å². The maximum Gasteiger partial charge on any atom is 0.323 e. The molecule has 0 saturated carbocycles. The molecule has 2 rings (SSSR count). The standard InChI is InChI=1S/C46H70N8O15/c1-26(2)33-22-39(59)54(44(33)64)18-16-37(57)47-17-19-67-20-21-68-25-38(58)52-34(45(65)53(9)24-40(60)61)14-15-36(56)48-23-35(69-46(66)28(5)6)31-10-12-32(13-11-31)51-42(62)29(7)49-43(63)41(27(3)4)50-30(8)55/h10-13,26-29,33-35,41H,14-25H2,1-9H3,(H,47,57)(H,48,56)(H,49,63)(H,50,55)(H,51,62)(H,52,58)(H,60,61)/t29-,33?,34?,35?,41-/m0/s1. The maximum absolute atomic E-state index is 13.2. The molecule has 1 aromatic carbocycles. The number of carbonyl (C=O) groups excluding carboxylic acids is 10. The van der Waals surface area contributed by atoms with Crippen LogP contribution in [0.5, 0.6) is 0 Å². The molecule has 23 nitrogen and oxygen atoms in total. The van der Waals surface area contributed by atoms with Crippen molar-refractivity contribution in [2.24, 2.45) is 23.7 Å². The average Bonchev–Trinajstić information content (AvgIpc) is 3.56. The van der Waals surface area contributed by atoms with E-state index in [1.165, 1.54) is 33.0 Å². The van der Waals surface area contributed by atoms with Crippen molar-refractivity contribution in [2.45, 2.75) is 105 Å². The number of nitrogens with one attached hydrogen (secondary N) is 6. The number of imide groups is 1. The van der Waals surface area contributed by atoms with Crippen LogP contribution in [-0.4, -0.2) is 158 Å². The number of rotatable bonds is 30. The number of carbonyl (C=O) groups is 11. The first-order chi connectivity index (χ1) is 32.4. The van der Waals surface area contributed by atoms with Gasteiger partial charge in [-0.05, 0) is 42.9 Å². The highest BCUT2D eigenvalue weighted by molar-refractivity contribution is 6.04. The Morgan fingerprint density at radius 1 is 0.797 bits per heavy atom. The Labute approximate surface area is 402 Å². The number of carboxylic acids is 1.